The zero-order chi connectivity index (χ0) is 20.3. The summed E-state index contributed by atoms with van der Waals surface area (Å²) < 4.78 is 11.2. The van der Waals surface area contributed by atoms with Gasteiger partial charge in [-0.2, -0.15) is 0 Å². The Labute approximate surface area is 162 Å². The maximum absolute atomic E-state index is 12.2. The van der Waals surface area contributed by atoms with Crippen LogP contribution in [0.3, 0.4) is 0 Å². The fraction of sp³-hybridized carbons (Fsp3) is 0.526. The first kappa shape index (κ1) is 19.8. The maximum Gasteiger partial charge on any atom is 0.410 e. The molecule has 1 aliphatic rings. The van der Waals surface area contributed by atoms with Crippen LogP contribution in [0.2, 0.25) is 0 Å². The predicted molar refractivity (Wildman–Crippen MR) is 102 cm³/mol. The van der Waals surface area contributed by atoms with Crippen LogP contribution in [-0.2, 0) is 4.74 Å². The van der Waals surface area contributed by atoms with Crippen molar-refractivity contribution in [3.63, 3.8) is 0 Å². The second-order valence-corrected chi connectivity index (χ2v) is 7.88. The zero-order valence-corrected chi connectivity index (χ0v) is 16.3. The average molecular weight is 388 g/mol. The molecule has 3 rings (SSSR count). The molecule has 1 aromatic heterocycles. The van der Waals surface area contributed by atoms with E-state index in [1.807, 2.05) is 20.8 Å². The Morgan fingerprint density at radius 3 is 2.86 bits per heavy atom. The normalized spacial score (nSPS) is 17.4. The highest BCUT2D eigenvalue weighted by Gasteiger charge is 2.28. The molecule has 1 amide bonds. The highest BCUT2D eigenvalue weighted by Crippen LogP contribution is 2.22. The third-order valence-electron chi connectivity index (χ3n) is 4.35. The Hall–Kier alpha value is -2.97. The molecule has 9 heteroatoms. The molecule has 2 aromatic rings. The minimum atomic E-state index is -0.518. The number of nitro groups is 1. The van der Waals surface area contributed by atoms with E-state index in [9.17, 15) is 14.9 Å². The second-order valence-electron chi connectivity index (χ2n) is 7.88. The summed E-state index contributed by atoms with van der Waals surface area (Å²) in [5, 5.41) is 10.8. The van der Waals surface area contributed by atoms with E-state index in [4.69, 9.17) is 9.47 Å². The number of benzene rings is 1. The molecular formula is C19H24N4O5. The number of piperidine rings is 1. The molecule has 0 bridgehead atoms. The molecule has 1 atom stereocenters. The fourth-order valence-electron chi connectivity index (χ4n) is 3.06. The van der Waals surface area contributed by atoms with Crippen molar-refractivity contribution < 1.29 is 19.2 Å². The Morgan fingerprint density at radius 1 is 1.36 bits per heavy atom. The van der Waals surface area contributed by atoms with Crippen molar-refractivity contribution in [3.05, 3.63) is 34.5 Å². The van der Waals surface area contributed by atoms with E-state index in [0.29, 0.717) is 36.6 Å². The minimum absolute atomic E-state index is 0.0279. The number of aromatic nitrogens is 2. The molecule has 0 saturated carbocycles. The number of nitrogens with zero attached hydrogens (tertiary/aromatic N) is 4. The van der Waals surface area contributed by atoms with Gasteiger partial charge in [0.25, 0.3) is 5.69 Å². The number of fused-ring (bicyclic) bond motifs is 1. The van der Waals surface area contributed by atoms with Crippen molar-refractivity contribution in [2.75, 3.05) is 19.7 Å². The van der Waals surface area contributed by atoms with E-state index >= 15 is 0 Å². The van der Waals surface area contributed by atoms with Crippen molar-refractivity contribution in [3.8, 4) is 5.88 Å². The van der Waals surface area contributed by atoms with Crippen molar-refractivity contribution in [1.82, 2.24) is 14.9 Å². The second kappa shape index (κ2) is 7.95. The number of non-ortho nitro benzene ring substituents is 1. The average Bonchev–Trinajstić information content (AvgIpc) is 2.64. The van der Waals surface area contributed by atoms with Crippen molar-refractivity contribution in [2.45, 2.75) is 39.2 Å². The molecule has 0 spiro atoms. The summed E-state index contributed by atoms with van der Waals surface area (Å²) in [5.41, 5.74) is 0.424. The predicted octanol–water partition coefficient (Wildman–Crippen LogP) is 3.56. The first-order chi connectivity index (χ1) is 13.2. The number of ether oxygens (including phenoxy) is 2. The summed E-state index contributed by atoms with van der Waals surface area (Å²) in [5.74, 6) is 0.534. The summed E-state index contributed by atoms with van der Waals surface area (Å²) in [7, 11) is 0. The lowest BCUT2D eigenvalue weighted by molar-refractivity contribution is -0.384. The van der Waals surface area contributed by atoms with Crippen molar-refractivity contribution in [1.29, 1.82) is 0 Å². The van der Waals surface area contributed by atoms with Crippen molar-refractivity contribution >= 4 is 22.8 Å². The SMILES string of the molecule is CC(C)(C)OC(=O)N1CCCC(COc2cnc3cc([N+](=O)[O-])ccc3n2)C1. The summed E-state index contributed by atoms with van der Waals surface area (Å²) in [6.45, 7) is 7.21. The summed E-state index contributed by atoms with van der Waals surface area (Å²) >= 11 is 0. The molecule has 1 fully saturated rings. The number of carbonyl (C=O) groups excluding carboxylic acids is 1. The summed E-state index contributed by atoms with van der Waals surface area (Å²) in [4.78, 5) is 32.9. The smallest absolute Gasteiger partial charge is 0.410 e. The molecule has 0 aliphatic carbocycles. The van der Waals surface area contributed by atoms with Gasteiger partial charge in [-0.05, 0) is 39.7 Å². The van der Waals surface area contributed by atoms with Crippen LogP contribution >= 0.6 is 0 Å². The first-order valence-electron chi connectivity index (χ1n) is 9.23. The molecular weight excluding hydrogens is 364 g/mol. The van der Waals surface area contributed by atoms with E-state index in [2.05, 4.69) is 9.97 Å². The van der Waals surface area contributed by atoms with E-state index in [1.54, 1.807) is 11.0 Å². The topological polar surface area (TPSA) is 108 Å². The minimum Gasteiger partial charge on any atom is -0.476 e. The molecule has 28 heavy (non-hydrogen) atoms. The first-order valence-corrected chi connectivity index (χ1v) is 9.23. The van der Waals surface area contributed by atoms with Gasteiger partial charge in [-0.25, -0.2) is 14.8 Å². The van der Waals surface area contributed by atoms with Crippen LogP contribution in [0.15, 0.2) is 24.4 Å². The van der Waals surface area contributed by atoms with Crippen LogP contribution in [0, 0.1) is 16.0 Å². The fourth-order valence-corrected chi connectivity index (χ4v) is 3.06. The van der Waals surface area contributed by atoms with Gasteiger partial charge in [0.15, 0.2) is 0 Å². The lowest BCUT2D eigenvalue weighted by Crippen LogP contribution is -2.44. The van der Waals surface area contributed by atoms with Gasteiger partial charge < -0.3 is 14.4 Å². The molecule has 1 saturated heterocycles. The molecule has 150 valence electrons. The van der Waals surface area contributed by atoms with Gasteiger partial charge >= 0.3 is 6.09 Å². The van der Waals surface area contributed by atoms with E-state index in [-0.39, 0.29) is 17.7 Å². The van der Waals surface area contributed by atoms with E-state index in [1.165, 1.54) is 18.3 Å². The molecule has 0 radical (unpaired) electrons. The van der Waals surface area contributed by atoms with Crippen LogP contribution < -0.4 is 4.74 Å². The van der Waals surface area contributed by atoms with E-state index in [0.717, 1.165) is 12.8 Å². The van der Waals surface area contributed by atoms with E-state index < -0.39 is 10.5 Å². The molecule has 9 nitrogen and oxygen atoms in total. The summed E-state index contributed by atoms with van der Waals surface area (Å²) in [6.07, 6.45) is 3.00. The standard InChI is InChI=1S/C19H24N4O5/c1-19(2,3)28-18(24)22-8-4-5-13(11-22)12-27-17-10-20-16-9-14(23(25)26)6-7-15(16)21-17/h6-7,9-10,13H,4-5,8,11-12H2,1-3H3. The Morgan fingerprint density at radius 2 is 2.14 bits per heavy atom. The third-order valence-corrected chi connectivity index (χ3v) is 4.35. The van der Waals surface area contributed by atoms with Crippen LogP contribution in [-0.4, -0.2) is 51.2 Å². The monoisotopic (exact) mass is 388 g/mol. The molecule has 2 heterocycles. The lowest BCUT2D eigenvalue weighted by atomic mass is 9.99. The van der Waals surface area contributed by atoms with Gasteiger partial charge in [0, 0.05) is 31.1 Å². The van der Waals surface area contributed by atoms with Crippen LogP contribution in [0.25, 0.3) is 11.0 Å². The Balaban J connectivity index is 1.59. The van der Waals surface area contributed by atoms with Gasteiger partial charge in [-0.1, -0.05) is 0 Å². The van der Waals surface area contributed by atoms with Crippen LogP contribution in [0.1, 0.15) is 33.6 Å². The molecule has 1 aliphatic heterocycles. The number of carbonyl (C=O) groups is 1. The lowest BCUT2D eigenvalue weighted by Gasteiger charge is -2.33. The van der Waals surface area contributed by atoms with Crippen LogP contribution in [0.5, 0.6) is 5.88 Å². The molecule has 1 unspecified atom stereocenters. The van der Waals surface area contributed by atoms with Crippen LogP contribution in [0.4, 0.5) is 10.5 Å². The highest BCUT2D eigenvalue weighted by molar-refractivity contribution is 5.77. The van der Waals surface area contributed by atoms with Gasteiger partial charge in [-0.15, -0.1) is 0 Å². The largest absolute Gasteiger partial charge is 0.476 e. The van der Waals surface area contributed by atoms with Gasteiger partial charge in [0.2, 0.25) is 5.88 Å². The number of rotatable bonds is 4. The number of amides is 1. The third kappa shape index (κ3) is 5.05. The number of hydrogen-bond donors (Lipinski definition) is 0. The van der Waals surface area contributed by atoms with Crippen molar-refractivity contribution in [2.24, 2.45) is 5.92 Å². The zero-order valence-electron chi connectivity index (χ0n) is 16.3. The quantitative estimate of drug-likeness (QED) is 0.582. The van der Waals surface area contributed by atoms with Gasteiger partial charge in [0.1, 0.15) is 5.60 Å². The van der Waals surface area contributed by atoms with Gasteiger partial charge in [0.05, 0.1) is 28.8 Å². The number of likely N-dealkylation sites (tertiary alicyclic amines) is 1. The molecule has 1 aromatic carbocycles. The number of hydrogen-bond acceptors (Lipinski definition) is 7. The number of nitro benzene ring substituents is 1. The maximum atomic E-state index is 12.2. The highest BCUT2D eigenvalue weighted by atomic mass is 16.6. The molecule has 0 N–H and O–H groups in total. The Bertz CT molecular complexity index is 880. The summed E-state index contributed by atoms with van der Waals surface area (Å²) in [6, 6.07) is 4.32. The van der Waals surface area contributed by atoms with Gasteiger partial charge in [-0.3, -0.25) is 10.1 Å². The Kier molecular flexibility index (Phi) is 5.62.